The van der Waals surface area contributed by atoms with Crippen LogP contribution >= 0.6 is 0 Å². The number of alkyl halides is 2. The summed E-state index contributed by atoms with van der Waals surface area (Å²) in [6, 6.07) is 4.03. The Balaban J connectivity index is 1.40. The Labute approximate surface area is 211 Å². The zero-order valence-electron chi connectivity index (χ0n) is 21.1. The van der Waals surface area contributed by atoms with Crippen LogP contribution in [0.25, 0.3) is 10.9 Å². The van der Waals surface area contributed by atoms with E-state index >= 15 is 0 Å². The lowest BCUT2D eigenvalue weighted by Gasteiger charge is -2.32. The number of rotatable bonds is 9. The molecule has 1 N–H and O–H groups in total. The number of benzene rings is 1. The quantitative estimate of drug-likeness (QED) is 0.505. The van der Waals surface area contributed by atoms with Gasteiger partial charge in [0, 0.05) is 63.2 Å². The van der Waals surface area contributed by atoms with Crippen LogP contribution in [0.3, 0.4) is 0 Å². The van der Waals surface area contributed by atoms with Gasteiger partial charge in [-0.15, -0.1) is 0 Å². The number of anilines is 2. The molecule has 3 aliphatic heterocycles. The van der Waals surface area contributed by atoms with Crippen molar-refractivity contribution in [1.29, 1.82) is 0 Å². The summed E-state index contributed by atoms with van der Waals surface area (Å²) < 4.78 is 44.9. The van der Waals surface area contributed by atoms with E-state index in [0.717, 1.165) is 31.2 Å². The Morgan fingerprint density at radius 3 is 2.53 bits per heavy atom. The highest BCUT2D eigenvalue weighted by atomic mass is 19.3. The van der Waals surface area contributed by atoms with Gasteiger partial charge < -0.3 is 29.3 Å². The molecule has 0 aliphatic carbocycles. The number of methoxy groups -OCH3 is 1. The number of aromatic nitrogens is 2. The van der Waals surface area contributed by atoms with Crippen molar-refractivity contribution in [2.24, 2.45) is 0 Å². The van der Waals surface area contributed by atoms with Crippen molar-refractivity contribution in [1.82, 2.24) is 14.9 Å². The summed E-state index contributed by atoms with van der Waals surface area (Å²) >= 11 is 0. The molecule has 3 fully saturated rings. The Kier molecular flexibility index (Phi) is 7.90. The molecule has 0 atom stereocenters. The van der Waals surface area contributed by atoms with E-state index in [1.54, 1.807) is 7.11 Å². The van der Waals surface area contributed by atoms with Gasteiger partial charge in [0.05, 0.1) is 19.2 Å². The number of ether oxygens (including phenoxy) is 3. The first-order valence-corrected chi connectivity index (χ1v) is 13.2. The summed E-state index contributed by atoms with van der Waals surface area (Å²) in [4.78, 5) is 13.9. The summed E-state index contributed by atoms with van der Waals surface area (Å²) in [6.07, 6.45) is 4.88. The van der Waals surface area contributed by atoms with Crippen LogP contribution in [0.4, 0.5) is 20.5 Å². The van der Waals surface area contributed by atoms with Crippen molar-refractivity contribution in [3.8, 4) is 11.5 Å². The van der Waals surface area contributed by atoms with Gasteiger partial charge in [-0.25, -0.2) is 13.8 Å². The molecular formula is C26H37F2N5O3. The zero-order chi connectivity index (χ0) is 25.0. The van der Waals surface area contributed by atoms with E-state index in [1.807, 2.05) is 17.0 Å². The smallest absolute Gasteiger partial charge is 0.251 e. The van der Waals surface area contributed by atoms with Crippen LogP contribution in [-0.4, -0.2) is 86.5 Å². The van der Waals surface area contributed by atoms with Crippen LogP contribution in [0.2, 0.25) is 0 Å². The average Bonchev–Trinajstić information content (AvgIpc) is 3.40. The number of fused-ring (bicyclic) bond motifs is 1. The van der Waals surface area contributed by atoms with Crippen LogP contribution < -0.4 is 19.7 Å². The predicted molar refractivity (Wildman–Crippen MR) is 136 cm³/mol. The van der Waals surface area contributed by atoms with Crippen LogP contribution in [-0.2, 0) is 4.74 Å². The summed E-state index contributed by atoms with van der Waals surface area (Å²) in [5.41, 5.74) is 0.710. The van der Waals surface area contributed by atoms with E-state index in [9.17, 15) is 8.78 Å². The topological polar surface area (TPSA) is 72.0 Å². The van der Waals surface area contributed by atoms with E-state index in [4.69, 9.17) is 24.2 Å². The molecule has 10 heteroatoms. The first-order valence-electron chi connectivity index (χ1n) is 13.2. The molecule has 36 heavy (non-hydrogen) atoms. The minimum atomic E-state index is -2.63. The molecule has 0 bridgehead atoms. The number of halogens is 2. The maximum Gasteiger partial charge on any atom is 0.251 e. The molecule has 198 valence electrons. The van der Waals surface area contributed by atoms with Crippen LogP contribution in [0.15, 0.2) is 12.1 Å². The fourth-order valence-electron chi connectivity index (χ4n) is 5.19. The summed E-state index contributed by atoms with van der Waals surface area (Å²) in [7, 11) is 1.63. The second kappa shape index (κ2) is 11.3. The van der Waals surface area contributed by atoms with Crippen LogP contribution in [0.5, 0.6) is 11.5 Å². The predicted octanol–water partition coefficient (Wildman–Crippen LogP) is 4.33. The third kappa shape index (κ3) is 6.08. The molecule has 0 radical (unpaired) electrons. The molecular weight excluding hydrogens is 468 g/mol. The molecule has 0 spiro atoms. The number of nitrogens with zero attached hydrogens (tertiary/aromatic N) is 4. The number of piperidine rings is 1. The van der Waals surface area contributed by atoms with Gasteiger partial charge >= 0.3 is 0 Å². The van der Waals surface area contributed by atoms with Gasteiger partial charge in [0.1, 0.15) is 5.82 Å². The Bertz CT molecular complexity index is 1020. The molecule has 0 unspecified atom stereocenters. The fraction of sp³-hybridized carbons (Fsp3) is 0.692. The molecule has 1 aromatic carbocycles. The van der Waals surface area contributed by atoms with E-state index in [0.29, 0.717) is 48.6 Å². The SMILES string of the molecule is COc1cc2c(NC3CCOCC3)nc(N3CCC(F)(F)CC3)nc2cc1OCCCN1CCCC1. The average molecular weight is 506 g/mol. The van der Waals surface area contributed by atoms with Gasteiger partial charge in [-0.3, -0.25) is 0 Å². The van der Waals surface area contributed by atoms with Crippen molar-refractivity contribution < 1.29 is 23.0 Å². The summed E-state index contributed by atoms with van der Waals surface area (Å²) in [5.74, 6) is -0.193. The highest BCUT2D eigenvalue weighted by Gasteiger charge is 2.35. The number of hydrogen-bond donors (Lipinski definition) is 1. The van der Waals surface area contributed by atoms with Gasteiger partial charge in [0.2, 0.25) is 5.95 Å². The lowest BCUT2D eigenvalue weighted by molar-refractivity contribution is -0.0222. The van der Waals surface area contributed by atoms with E-state index < -0.39 is 5.92 Å². The van der Waals surface area contributed by atoms with Gasteiger partial charge in [-0.2, -0.15) is 4.98 Å². The molecule has 1 aromatic heterocycles. The normalized spacial score (nSPS) is 21.1. The second-order valence-corrected chi connectivity index (χ2v) is 10.0. The highest BCUT2D eigenvalue weighted by Crippen LogP contribution is 2.37. The van der Waals surface area contributed by atoms with Gasteiger partial charge in [0.15, 0.2) is 11.5 Å². The fourth-order valence-corrected chi connectivity index (χ4v) is 5.19. The Hall–Kier alpha value is -2.46. The minimum Gasteiger partial charge on any atom is -0.493 e. The first kappa shape index (κ1) is 25.2. The van der Waals surface area contributed by atoms with Gasteiger partial charge in [0.25, 0.3) is 5.92 Å². The molecule has 0 saturated carbocycles. The summed E-state index contributed by atoms with van der Waals surface area (Å²) in [6.45, 7) is 5.82. The molecule has 0 amide bonds. The van der Waals surface area contributed by atoms with Crippen molar-refractivity contribution in [2.75, 3.05) is 69.9 Å². The van der Waals surface area contributed by atoms with Crippen molar-refractivity contribution >= 4 is 22.7 Å². The van der Waals surface area contributed by atoms with E-state index in [1.165, 1.54) is 25.9 Å². The standard InChI is InChI=1S/C26H37F2N5O3/c1-34-22-17-20-21(18-23(22)36-14-4-11-32-9-2-3-10-32)30-25(33-12-7-26(27,28)8-13-33)31-24(20)29-19-5-15-35-16-6-19/h17-19H,2-16H2,1H3,(H,29,30,31). The van der Waals surface area contributed by atoms with Gasteiger partial charge in [-0.05, 0) is 51.3 Å². The lowest BCUT2D eigenvalue weighted by Crippen LogP contribution is -2.40. The Morgan fingerprint density at radius 1 is 1.06 bits per heavy atom. The minimum absolute atomic E-state index is 0.189. The van der Waals surface area contributed by atoms with E-state index in [2.05, 4.69) is 10.2 Å². The monoisotopic (exact) mass is 505 g/mol. The molecule has 2 aromatic rings. The first-order chi connectivity index (χ1) is 17.5. The molecule has 8 nitrogen and oxygen atoms in total. The van der Waals surface area contributed by atoms with Crippen LogP contribution in [0.1, 0.15) is 44.9 Å². The number of nitrogens with one attached hydrogen (secondary N) is 1. The molecule has 4 heterocycles. The third-order valence-corrected chi connectivity index (χ3v) is 7.38. The molecule has 3 saturated heterocycles. The van der Waals surface area contributed by atoms with Gasteiger partial charge in [-0.1, -0.05) is 0 Å². The van der Waals surface area contributed by atoms with Crippen molar-refractivity contribution in [3.05, 3.63) is 12.1 Å². The largest absolute Gasteiger partial charge is 0.493 e. The molecule has 3 aliphatic rings. The summed E-state index contributed by atoms with van der Waals surface area (Å²) in [5, 5.41) is 4.39. The van der Waals surface area contributed by atoms with Crippen LogP contribution in [0, 0.1) is 0 Å². The van der Waals surface area contributed by atoms with Crippen molar-refractivity contribution in [3.63, 3.8) is 0 Å². The zero-order valence-corrected chi connectivity index (χ0v) is 21.1. The van der Waals surface area contributed by atoms with Crippen molar-refractivity contribution in [2.45, 2.75) is 56.9 Å². The third-order valence-electron chi connectivity index (χ3n) is 7.38. The second-order valence-electron chi connectivity index (χ2n) is 10.0. The maximum absolute atomic E-state index is 13.8. The molecule has 5 rings (SSSR count). The lowest BCUT2D eigenvalue weighted by atomic mass is 10.1. The number of likely N-dealkylation sites (tertiary alicyclic amines) is 1. The highest BCUT2D eigenvalue weighted by molar-refractivity contribution is 5.93. The van der Waals surface area contributed by atoms with E-state index in [-0.39, 0.29) is 32.0 Å². The Morgan fingerprint density at radius 2 is 1.81 bits per heavy atom. The maximum atomic E-state index is 13.8. The number of hydrogen-bond acceptors (Lipinski definition) is 8.